The van der Waals surface area contributed by atoms with Gasteiger partial charge in [0.05, 0.1) is 18.0 Å². The minimum absolute atomic E-state index is 0.0203. The van der Waals surface area contributed by atoms with Gasteiger partial charge in [-0.15, -0.1) is 0 Å². The quantitative estimate of drug-likeness (QED) is 0.506. The molecular formula is C15H13N3O6. The highest BCUT2D eigenvalue weighted by atomic mass is 16.7. The summed E-state index contributed by atoms with van der Waals surface area (Å²) in [6.07, 6.45) is -1.01. The number of nitriles is 1. The van der Waals surface area contributed by atoms with E-state index in [1.54, 1.807) is 6.07 Å². The van der Waals surface area contributed by atoms with Gasteiger partial charge in [-0.3, -0.25) is 10.1 Å². The number of carbonyl (C=O) groups is 1. The zero-order valence-electron chi connectivity index (χ0n) is 12.8. The average molecular weight is 331 g/mol. The maximum Gasteiger partial charge on any atom is 0.513 e. The van der Waals surface area contributed by atoms with Crippen LogP contribution < -0.4 is 5.73 Å². The van der Waals surface area contributed by atoms with Gasteiger partial charge in [0.25, 0.3) is 5.69 Å². The smallest absolute Gasteiger partial charge is 0.442 e. The van der Waals surface area contributed by atoms with Crippen molar-refractivity contribution in [3.05, 3.63) is 62.9 Å². The predicted molar refractivity (Wildman–Crippen MR) is 79.9 cm³/mol. The summed E-state index contributed by atoms with van der Waals surface area (Å²) in [5.74, 6) is -0.965. The second kappa shape index (κ2) is 6.70. The Hall–Kier alpha value is -3.54. The molecule has 0 aromatic heterocycles. The molecular weight excluding hydrogens is 318 g/mol. The molecule has 0 aliphatic carbocycles. The minimum Gasteiger partial charge on any atom is -0.442 e. The summed E-state index contributed by atoms with van der Waals surface area (Å²) in [6.45, 7) is 1.49. The number of nitrogens with two attached hydrogens (primary N) is 1. The molecule has 24 heavy (non-hydrogen) atoms. The van der Waals surface area contributed by atoms with Gasteiger partial charge < -0.3 is 19.9 Å². The number of hydrogen-bond acceptors (Lipinski definition) is 8. The maximum atomic E-state index is 11.5. The number of methoxy groups -OCH3 is 1. The third-order valence-electron chi connectivity index (χ3n) is 3.32. The molecule has 1 aromatic carbocycles. The van der Waals surface area contributed by atoms with E-state index in [4.69, 9.17) is 15.2 Å². The van der Waals surface area contributed by atoms with Crippen LogP contribution in [0.25, 0.3) is 0 Å². The van der Waals surface area contributed by atoms with Gasteiger partial charge in [-0.1, -0.05) is 12.1 Å². The van der Waals surface area contributed by atoms with Crippen LogP contribution in [0.15, 0.2) is 47.2 Å². The van der Waals surface area contributed by atoms with Gasteiger partial charge in [0.15, 0.2) is 5.76 Å². The zero-order chi connectivity index (χ0) is 17.9. The van der Waals surface area contributed by atoms with E-state index < -0.39 is 17.0 Å². The van der Waals surface area contributed by atoms with Crippen LogP contribution in [0.5, 0.6) is 0 Å². The van der Waals surface area contributed by atoms with Gasteiger partial charge in [-0.05, 0) is 12.5 Å². The third-order valence-corrected chi connectivity index (χ3v) is 3.32. The summed E-state index contributed by atoms with van der Waals surface area (Å²) >= 11 is 0. The van der Waals surface area contributed by atoms with Crippen molar-refractivity contribution in [2.45, 2.75) is 12.8 Å². The molecule has 0 spiro atoms. The van der Waals surface area contributed by atoms with E-state index in [2.05, 4.69) is 4.74 Å². The Morgan fingerprint density at radius 2 is 2.21 bits per heavy atom. The van der Waals surface area contributed by atoms with Crippen molar-refractivity contribution in [2.75, 3.05) is 7.11 Å². The fourth-order valence-corrected chi connectivity index (χ4v) is 2.26. The van der Waals surface area contributed by atoms with Crippen molar-refractivity contribution >= 4 is 11.8 Å². The highest BCUT2D eigenvalue weighted by Gasteiger charge is 2.35. The molecule has 1 aliphatic rings. The van der Waals surface area contributed by atoms with Crippen LogP contribution in [0.3, 0.4) is 0 Å². The SMILES string of the molecule is COC(=O)OC1=C(C)OC(N)=C(C#N)C1c1cccc([N+](=O)[O-])c1. The normalized spacial score (nSPS) is 17.0. The monoisotopic (exact) mass is 331 g/mol. The summed E-state index contributed by atoms with van der Waals surface area (Å²) < 4.78 is 14.8. The number of carbonyl (C=O) groups excluding carboxylic acids is 1. The van der Waals surface area contributed by atoms with Crippen LogP contribution in [0.2, 0.25) is 0 Å². The fraction of sp³-hybridized carbons (Fsp3) is 0.200. The number of ether oxygens (including phenoxy) is 3. The summed E-state index contributed by atoms with van der Waals surface area (Å²) in [6, 6.07) is 7.48. The molecule has 0 saturated heterocycles. The Balaban J connectivity index is 2.60. The van der Waals surface area contributed by atoms with Crippen LogP contribution >= 0.6 is 0 Å². The molecule has 0 saturated carbocycles. The van der Waals surface area contributed by atoms with Crippen LogP contribution in [0.4, 0.5) is 10.5 Å². The van der Waals surface area contributed by atoms with Gasteiger partial charge >= 0.3 is 6.16 Å². The second-order valence-corrected chi connectivity index (χ2v) is 4.75. The number of rotatable bonds is 3. The third kappa shape index (κ3) is 3.12. The van der Waals surface area contributed by atoms with E-state index in [9.17, 15) is 20.2 Å². The summed E-state index contributed by atoms with van der Waals surface area (Å²) in [5, 5.41) is 20.4. The lowest BCUT2D eigenvalue weighted by molar-refractivity contribution is -0.384. The van der Waals surface area contributed by atoms with E-state index in [1.165, 1.54) is 25.1 Å². The van der Waals surface area contributed by atoms with Gasteiger partial charge in [0.2, 0.25) is 5.88 Å². The lowest BCUT2D eigenvalue weighted by atomic mass is 9.88. The first kappa shape index (κ1) is 16.8. The molecule has 1 atom stereocenters. The number of benzene rings is 1. The van der Waals surface area contributed by atoms with Gasteiger partial charge in [0, 0.05) is 12.1 Å². The standard InChI is InChI=1S/C15H13N3O6/c1-8-13(24-15(19)22-2)12(11(7-16)14(17)23-8)9-4-3-5-10(6-9)18(20)21/h3-6,12H,17H2,1-2H3. The number of nitro benzene ring substituents is 1. The molecule has 0 fully saturated rings. The van der Waals surface area contributed by atoms with Crippen LogP contribution in [-0.2, 0) is 14.2 Å². The average Bonchev–Trinajstić information content (AvgIpc) is 2.56. The van der Waals surface area contributed by atoms with Crippen molar-refractivity contribution in [1.29, 1.82) is 5.26 Å². The van der Waals surface area contributed by atoms with Crippen molar-refractivity contribution < 1.29 is 23.9 Å². The molecule has 1 unspecified atom stereocenters. The maximum absolute atomic E-state index is 11.5. The molecule has 2 rings (SSSR count). The van der Waals surface area contributed by atoms with Crippen LogP contribution in [0, 0.1) is 21.4 Å². The molecule has 0 bridgehead atoms. The molecule has 9 heteroatoms. The number of non-ortho nitro benzene ring substituents is 1. The number of allylic oxidation sites excluding steroid dienone is 2. The first-order valence-electron chi connectivity index (χ1n) is 6.67. The fourth-order valence-electron chi connectivity index (χ4n) is 2.26. The highest BCUT2D eigenvalue weighted by Crippen LogP contribution is 2.40. The first-order valence-corrected chi connectivity index (χ1v) is 6.67. The Morgan fingerprint density at radius 1 is 1.50 bits per heavy atom. The Bertz CT molecular complexity index is 806. The Labute approximate surface area is 136 Å². The lowest BCUT2D eigenvalue weighted by Crippen LogP contribution is -2.23. The molecule has 0 radical (unpaired) electrons. The molecule has 1 heterocycles. The van der Waals surface area contributed by atoms with Crippen molar-refractivity contribution in [1.82, 2.24) is 0 Å². The number of nitro groups is 1. The topological polar surface area (TPSA) is 138 Å². The van der Waals surface area contributed by atoms with E-state index in [-0.39, 0.29) is 28.7 Å². The van der Waals surface area contributed by atoms with E-state index >= 15 is 0 Å². The predicted octanol–water partition coefficient (Wildman–Crippen LogP) is 2.42. The van der Waals surface area contributed by atoms with E-state index in [0.29, 0.717) is 5.56 Å². The molecule has 1 aromatic rings. The van der Waals surface area contributed by atoms with Crippen LogP contribution in [-0.4, -0.2) is 18.2 Å². The molecule has 1 aliphatic heterocycles. The Morgan fingerprint density at radius 3 is 2.79 bits per heavy atom. The largest absolute Gasteiger partial charge is 0.513 e. The lowest BCUT2D eigenvalue weighted by Gasteiger charge is -2.26. The second-order valence-electron chi connectivity index (χ2n) is 4.75. The van der Waals surface area contributed by atoms with Crippen molar-refractivity contribution in [3.8, 4) is 6.07 Å². The highest BCUT2D eigenvalue weighted by molar-refractivity contribution is 5.63. The van der Waals surface area contributed by atoms with E-state index in [0.717, 1.165) is 7.11 Å². The minimum atomic E-state index is -1.01. The molecule has 0 amide bonds. The number of nitrogens with zero attached hydrogens (tertiary/aromatic N) is 2. The van der Waals surface area contributed by atoms with E-state index in [1.807, 2.05) is 6.07 Å². The number of hydrogen-bond donors (Lipinski definition) is 1. The van der Waals surface area contributed by atoms with Crippen molar-refractivity contribution in [3.63, 3.8) is 0 Å². The zero-order valence-corrected chi connectivity index (χ0v) is 12.8. The first-order chi connectivity index (χ1) is 11.4. The Kier molecular flexibility index (Phi) is 4.70. The molecule has 2 N–H and O–H groups in total. The van der Waals surface area contributed by atoms with Crippen molar-refractivity contribution in [2.24, 2.45) is 5.73 Å². The molecule has 124 valence electrons. The van der Waals surface area contributed by atoms with Gasteiger partial charge in [0.1, 0.15) is 17.4 Å². The molecule has 9 nitrogen and oxygen atoms in total. The summed E-state index contributed by atoms with van der Waals surface area (Å²) in [7, 11) is 1.12. The van der Waals surface area contributed by atoms with Gasteiger partial charge in [-0.2, -0.15) is 5.26 Å². The summed E-state index contributed by atoms with van der Waals surface area (Å²) in [4.78, 5) is 21.9. The van der Waals surface area contributed by atoms with Gasteiger partial charge in [-0.25, -0.2) is 4.79 Å². The van der Waals surface area contributed by atoms with Crippen LogP contribution in [0.1, 0.15) is 18.4 Å². The summed E-state index contributed by atoms with van der Waals surface area (Å²) in [5.41, 5.74) is 5.87.